The van der Waals surface area contributed by atoms with Crippen molar-refractivity contribution >= 4 is 0 Å². The SMILES string of the molecule is N[C@H](CC12C=CC=CC1(C(F)(F)F)C2)c1ccccc1C(F)(F)F. The summed E-state index contributed by atoms with van der Waals surface area (Å²) in [5.74, 6) is 0. The zero-order valence-corrected chi connectivity index (χ0v) is 12.5. The summed E-state index contributed by atoms with van der Waals surface area (Å²) in [4.78, 5) is 0. The molecule has 130 valence electrons. The summed E-state index contributed by atoms with van der Waals surface area (Å²) in [5.41, 5.74) is 1.56. The highest BCUT2D eigenvalue weighted by Gasteiger charge is 2.77. The molecule has 2 N–H and O–H groups in total. The van der Waals surface area contributed by atoms with Gasteiger partial charge in [0.25, 0.3) is 0 Å². The molecule has 0 aliphatic heterocycles. The highest BCUT2D eigenvalue weighted by atomic mass is 19.4. The molecule has 24 heavy (non-hydrogen) atoms. The Bertz CT molecular complexity index is 702. The van der Waals surface area contributed by atoms with Crippen LogP contribution in [0.5, 0.6) is 0 Å². The molecule has 0 saturated heterocycles. The summed E-state index contributed by atoms with van der Waals surface area (Å²) in [5, 5.41) is 0. The third-order valence-electron chi connectivity index (χ3n) is 5.02. The average Bonchev–Trinajstić information content (AvgIpc) is 3.16. The van der Waals surface area contributed by atoms with Crippen molar-refractivity contribution in [3.8, 4) is 0 Å². The minimum Gasteiger partial charge on any atom is -0.324 e. The second-order valence-corrected chi connectivity index (χ2v) is 6.42. The molecule has 1 aromatic rings. The molecule has 3 rings (SSSR count). The van der Waals surface area contributed by atoms with Crippen molar-refractivity contribution in [2.45, 2.75) is 31.2 Å². The summed E-state index contributed by atoms with van der Waals surface area (Å²) in [7, 11) is 0. The number of benzene rings is 1. The van der Waals surface area contributed by atoms with E-state index in [1.807, 2.05) is 0 Å². The van der Waals surface area contributed by atoms with Gasteiger partial charge in [0.1, 0.15) is 0 Å². The third-order valence-corrected chi connectivity index (χ3v) is 5.02. The third kappa shape index (κ3) is 2.46. The van der Waals surface area contributed by atoms with Crippen LogP contribution in [0.4, 0.5) is 26.3 Å². The van der Waals surface area contributed by atoms with E-state index in [0.29, 0.717) is 0 Å². The van der Waals surface area contributed by atoms with Gasteiger partial charge in [-0.2, -0.15) is 26.3 Å². The number of allylic oxidation sites excluding steroid dienone is 4. The molecule has 2 unspecified atom stereocenters. The number of halogens is 6. The van der Waals surface area contributed by atoms with Crippen molar-refractivity contribution < 1.29 is 26.3 Å². The highest BCUT2D eigenvalue weighted by molar-refractivity contribution is 5.40. The largest absolute Gasteiger partial charge is 0.416 e. The normalized spacial score (nSPS) is 30.1. The van der Waals surface area contributed by atoms with Crippen LogP contribution >= 0.6 is 0 Å². The fraction of sp³-hybridized carbons (Fsp3) is 0.412. The minimum absolute atomic E-state index is 0.176. The van der Waals surface area contributed by atoms with Crippen molar-refractivity contribution in [2.75, 3.05) is 0 Å². The Morgan fingerprint density at radius 3 is 2.25 bits per heavy atom. The Hall–Kier alpha value is -1.76. The van der Waals surface area contributed by atoms with Gasteiger partial charge in [0, 0.05) is 11.5 Å². The fourth-order valence-electron chi connectivity index (χ4n) is 3.73. The average molecular weight is 347 g/mol. The minimum atomic E-state index is -4.60. The standard InChI is InChI=1S/C17H15F6N/c18-16(19,20)12-6-2-1-5-11(12)13(24)9-14-7-3-4-8-15(14,10-14)17(21,22)23/h1-8,13H,9-10,24H2/t13-,14?,15?/m1/s1. The van der Waals surface area contributed by atoms with E-state index >= 15 is 0 Å². The first kappa shape index (κ1) is 17.1. The highest BCUT2D eigenvalue weighted by Crippen LogP contribution is 2.76. The molecule has 1 nitrogen and oxygen atoms in total. The number of hydrogen-bond donors (Lipinski definition) is 1. The Labute approximate surface area is 134 Å². The van der Waals surface area contributed by atoms with Gasteiger partial charge in [-0.05, 0) is 24.5 Å². The smallest absolute Gasteiger partial charge is 0.324 e. The lowest BCUT2D eigenvalue weighted by atomic mass is 9.81. The molecule has 2 aliphatic carbocycles. The maximum atomic E-state index is 13.4. The predicted octanol–water partition coefficient (Wildman–Crippen LogP) is 5.16. The van der Waals surface area contributed by atoms with Crippen molar-refractivity contribution in [3.05, 3.63) is 59.7 Å². The summed E-state index contributed by atoms with van der Waals surface area (Å²) in [6, 6.07) is 3.63. The molecule has 7 heteroatoms. The van der Waals surface area contributed by atoms with Gasteiger partial charge in [-0.25, -0.2) is 0 Å². The molecule has 0 heterocycles. The van der Waals surface area contributed by atoms with Crippen molar-refractivity contribution in [1.29, 1.82) is 0 Å². The van der Waals surface area contributed by atoms with Crippen LogP contribution in [-0.2, 0) is 6.18 Å². The van der Waals surface area contributed by atoms with E-state index in [1.165, 1.54) is 36.4 Å². The van der Waals surface area contributed by atoms with Gasteiger partial charge >= 0.3 is 12.4 Å². The molecule has 1 saturated carbocycles. The van der Waals surface area contributed by atoms with E-state index in [2.05, 4.69) is 0 Å². The summed E-state index contributed by atoms with van der Waals surface area (Å²) in [6.07, 6.45) is -4.09. The van der Waals surface area contributed by atoms with E-state index < -0.39 is 34.8 Å². The van der Waals surface area contributed by atoms with Gasteiger partial charge in [0.2, 0.25) is 0 Å². The van der Waals surface area contributed by atoms with Gasteiger partial charge in [0.15, 0.2) is 0 Å². The first-order valence-electron chi connectivity index (χ1n) is 7.38. The molecule has 0 spiro atoms. The lowest BCUT2D eigenvalue weighted by molar-refractivity contribution is -0.181. The monoisotopic (exact) mass is 347 g/mol. The number of rotatable bonds is 3. The first-order chi connectivity index (χ1) is 11.0. The van der Waals surface area contributed by atoms with Crippen LogP contribution in [-0.4, -0.2) is 6.18 Å². The molecular weight excluding hydrogens is 332 g/mol. The molecule has 1 aromatic carbocycles. The van der Waals surface area contributed by atoms with Gasteiger partial charge in [-0.15, -0.1) is 0 Å². The van der Waals surface area contributed by atoms with E-state index in [1.54, 1.807) is 0 Å². The maximum Gasteiger partial charge on any atom is 0.416 e. The van der Waals surface area contributed by atoms with Crippen molar-refractivity contribution in [1.82, 2.24) is 0 Å². The molecule has 0 bridgehead atoms. The maximum absolute atomic E-state index is 13.4. The Morgan fingerprint density at radius 2 is 1.62 bits per heavy atom. The van der Waals surface area contributed by atoms with E-state index in [-0.39, 0.29) is 18.4 Å². The zero-order valence-electron chi connectivity index (χ0n) is 12.5. The first-order valence-corrected chi connectivity index (χ1v) is 7.38. The molecular formula is C17H15F6N. The Balaban J connectivity index is 1.91. The Morgan fingerprint density at radius 1 is 1.00 bits per heavy atom. The molecule has 3 atom stereocenters. The lowest BCUT2D eigenvalue weighted by Gasteiger charge is -2.28. The second kappa shape index (κ2) is 5.12. The van der Waals surface area contributed by atoms with Crippen molar-refractivity contribution in [3.63, 3.8) is 0 Å². The quantitative estimate of drug-likeness (QED) is 0.751. The predicted molar refractivity (Wildman–Crippen MR) is 76.8 cm³/mol. The fourth-order valence-corrected chi connectivity index (χ4v) is 3.73. The van der Waals surface area contributed by atoms with Gasteiger partial charge in [-0.1, -0.05) is 42.5 Å². The molecule has 0 amide bonds. The second-order valence-electron chi connectivity index (χ2n) is 6.42. The lowest BCUT2D eigenvalue weighted by Crippen LogP contribution is -2.31. The van der Waals surface area contributed by atoms with E-state index in [9.17, 15) is 26.3 Å². The molecule has 0 radical (unpaired) electrons. The van der Waals surface area contributed by atoms with Gasteiger partial charge in [-0.3, -0.25) is 0 Å². The Kier molecular flexibility index (Phi) is 3.64. The van der Waals surface area contributed by atoms with Crippen LogP contribution in [0.15, 0.2) is 48.6 Å². The van der Waals surface area contributed by atoms with Gasteiger partial charge in [0.05, 0.1) is 11.0 Å². The van der Waals surface area contributed by atoms with Crippen LogP contribution < -0.4 is 5.73 Å². The van der Waals surface area contributed by atoms with Gasteiger partial charge < -0.3 is 5.73 Å². The van der Waals surface area contributed by atoms with Crippen LogP contribution in [0.3, 0.4) is 0 Å². The topological polar surface area (TPSA) is 26.0 Å². The van der Waals surface area contributed by atoms with Crippen LogP contribution in [0, 0.1) is 10.8 Å². The van der Waals surface area contributed by atoms with Crippen LogP contribution in [0.2, 0.25) is 0 Å². The molecule has 1 fully saturated rings. The summed E-state index contributed by atoms with van der Waals surface area (Å²) >= 11 is 0. The van der Waals surface area contributed by atoms with E-state index in [0.717, 1.165) is 12.1 Å². The van der Waals surface area contributed by atoms with Crippen LogP contribution in [0.1, 0.15) is 30.0 Å². The number of nitrogens with two attached hydrogens (primary N) is 1. The number of fused-ring (bicyclic) bond motifs is 1. The number of hydrogen-bond acceptors (Lipinski definition) is 1. The van der Waals surface area contributed by atoms with Crippen LogP contribution in [0.25, 0.3) is 0 Å². The van der Waals surface area contributed by atoms with Crippen molar-refractivity contribution in [2.24, 2.45) is 16.6 Å². The molecule has 2 aliphatic rings. The molecule has 0 aromatic heterocycles. The van der Waals surface area contributed by atoms with E-state index in [4.69, 9.17) is 5.73 Å². The summed E-state index contributed by atoms with van der Waals surface area (Å²) in [6.45, 7) is 0. The number of alkyl halides is 6. The summed E-state index contributed by atoms with van der Waals surface area (Å²) < 4.78 is 79.6. The zero-order chi connectivity index (χ0) is 17.8.